The summed E-state index contributed by atoms with van der Waals surface area (Å²) in [5.41, 5.74) is 0.979. The average Bonchev–Trinajstić information content (AvgIpc) is 2.99. The normalized spacial score (nSPS) is 26.6. The smallest absolute Gasteiger partial charge is 0.313 e. The first kappa shape index (κ1) is 13.9. The van der Waals surface area contributed by atoms with Crippen LogP contribution in [0.1, 0.15) is 37.4 Å². The largest absolute Gasteiger partial charge is 0.481 e. The Morgan fingerprint density at radius 3 is 3.05 bits per heavy atom. The zero-order chi connectivity index (χ0) is 14.1. The minimum atomic E-state index is -0.784. The predicted octanol–water partition coefficient (Wildman–Crippen LogP) is 2.17. The number of carbonyl (C=O) groups is 1. The van der Waals surface area contributed by atoms with E-state index < -0.39 is 5.97 Å². The number of hydrogen-bond donors (Lipinski definition) is 1. The summed E-state index contributed by atoms with van der Waals surface area (Å²) in [5, 5.41) is 9.72. The van der Waals surface area contributed by atoms with Gasteiger partial charge in [-0.25, -0.2) is 4.98 Å². The number of carboxylic acids is 1. The molecule has 0 aliphatic carbocycles. The molecule has 1 N–H and O–H groups in total. The van der Waals surface area contributed by atoms with Gasteiger partial charge in [-0.15, -0.1) is 0 Å². The maximum Gasteiger partial charge on any atom is 0.313 e. The molecule has 110 valence electrons. The highest BCUT2D eigenvalue weighted by atomic mass is 32.2. The van der Waals surface area contributed by atoms with Crippen LogP contribution < -0.4 is 0 Å². The molecule has 0 saturated carbocycles. The summed E-state index contributed by atoms with van der Waals surface area (Å²) in [6, 6.07) is 1.08. The number of fused-ring (bicyclic) bond motifs is 1. The first-order chi connectivity index (χ1) is 9.65. The topological polar surface area (TPSA) is 58.4 Å². The van der Waals surface area contributed by atoms with Crippen LogP contribution in [0.3, 0.4) is 0 Å². The van der Waals surface area contributed by atoms with Gasteiger partial charge in [-0.3, -0.25) is 9.69 Å². The Morgan fingerprint density at radius 2 is 2.25 bits per heavy atom. The monoisotopic (exact) mass is 295 g/mol. The molecule has 20 heavy (non-hydrogen) atoms. The number of hydrogen-bond acceptors (Lipinski definition) is 4. The van der Waals surface area contributed by atoms with Crippen LogP contribution in [0.4, 0.5) is 0 Å². The van der Waals surface area contributed by atoms with E-state index in [1.165, 1.54) is 37.6 Å². The van der Waals surface area contributed by atoms with Gasteiger partial charge in [0, 0.05) is 18.8 Å². The van der Waals surface area contributed by atoms with Crippen LogP contribution in [0.5, 0.6) is 0 Å². The van der Waals surface area contributed by atoms with Gasteiger partial charge >= 0.3 is 5.97 Å². The van der Waals surface area contributed by atoms with E-state index in [2.05, 4.69) is 20.6 Å². The molecule has 1 aromatic heterocycles. The van der Waals surface area contributed by atoms with Crippen LogP contribution >= 0.6 is 11.8 Å². The molecular formula is C14H21N3O2S. The predicted molar refractivity (Wildman–Crippen MR) is 78.2 cm³/mol. The van der Waals surface area contributed by atoms with Crippen LogP contribution in [0.2, 0.25) is 0 Å². The third-order valence-corrected chi connectivity index (χ3v) is 5.27. The molecule has 2 aliphatic rings. The van der Waals surface area contributed by atoms with E-state index in [1.54, 1.807) is 0 Å². The molecule has 6 heteroatoms. The third kappa shape index (κ3) is 2.72. The number of carboxylic acid groups (broad SMARTS) is 1. The highest BCUT2D eigenvalue weighted by molar-refractivity contribution is 7.99. The van der Waals surface area contributed by atoms with E-state index in [4.69, 9.17) is 5.11 Å². The molecule has 0 bridgehead atoms. The summed E-state index contributed by atoms with van der Waals surface area (Å²) >= 11 is 1.34. The van der Waals surface area contributed by atoms with Crippen molar-refractivity contribution in [2.75, 3.05) is 18.8 Å². The molecule has 0 radical (unpaired) electrons. The van der Waals surface area contributed by atoms with Crippen molar-refractivity contribution in [2.45, 2.75) is 49.8 Å². The highest BCUT2D eigenvalue weighted by Crippen LogP contribution is 2.37. The van der Waals surface area contributed by atoms with E-state index in [9.17, 15) is 4.79 Å². The average molecular weight is 295 g/mol. The summed E-state index contributed by atoms with van der Waals surface area (Å²) in [6.07, 6.45) is 7.12. The van der Waals surface area contributed by atoms with Crippen molar-refractivity contribution >= 4 is 17.7 Å². The summed E-state index contributed by atoms with van der Waals surface area (Å²) in [5.74, 6) is -0.703. The Labute approximate surface area is 123 Å². The number of aryl methyl sites for hydroxylation is 1. The molecule has 3 rings (SSSR count). The van der Waals surface area contributed by atoms with Gasteiger partial charge in [0.25, 0.3) is 0 Å². The molecule has 3 heterocycles. The van der Waals surface area contributed by atoms with Crippen LogP contribution in [-0.4, -0.2) is 50.4 Å². The summed E-state index contributed by atoms with van der Waals surface area (Å²) in [4.78, 5) is 17.9. The van der Waals surface area contributed by atoms with Gasteiger partial charge in [0.1, 0.15) is 0 Å². The number of piperidine rings is 1. The lowest BCUT2D eigenvalue weighted by Crippen LogP contribution is -2.37. The molecule has 2 fully saturated rings. The Kier molecular flexibility index (Phi) is 4.03. The fourth-order valence-corrected chi connectivity index (χ4v) is 4.31. The van der Waals surface area contributed by atoms with E-state index in [-0.39, 0.29) is 5.75 Å². The molecule has 2 aliphatic heterocycles. The van der Waals surface area contributed by atoms with E-state index in [1.807, 2.05) is 6.92 Å². The Bertz CT molecular complexity index is 503. The van der Waals surface area contributed by atoms with E-state index in [0.29, 0.717) is 12.1 Å². The Balaban J connectivity index is 1.80. The summed E-state index contributed by atoms with van der Waals surface area (Å²) < 4.78 is 2.24. The zero-order valence-electron chi connectivity index (χ0n) is 11.8. The van der Waals surface area contributed by atoms with Crippen molar-refractivity contribution < 1.29 is 9.90 Å². The molecule has 2 unspecified atom stereocenters. The van der Waals surface area contributed by atoms with Gasteiger partial charge in [0.15, 0.2) is 5.16 Å². The van der Waals surface area contributed by atoms with Crippen molar-refractivity contribution in [3.8, 4) is 0 Å². The van der Waals surface area contributed by atoms with Crippen LogP contribution in [-0.2, 0) is 4.79 Å². The van der Waals surface area contributed by atoms with Crippen LogP contribution in [0.25, 0.3) is 0 Å². The first-order valence-electron chi connectivity index (χ1n) is 7.29. The number of imidazole rings is 1. The van der Waals surface area contributed by atoms with Gasteiger partial charge < -0.3 is 9.67 Å². The molecule has 0 aromatic carbocycles. The molecule has 5 nitrogen and oxygen atoms in total. The zero-order valence-corrected chi connectivity index (χ0v) is 12.6. The summed E-state index contributed by atoms with van der Waals surface area (Å²) in [7, 11) is 0. The second-order valence-corrected chi connectivity index (χ2v) is 6.65. The fraction of sp³-hybridized carbons (Fsp3) is 0.714. The van der Waals surface area contributed by atoms with Gasteiger partial charge in [-0.1, -0.05) is 18.2 Å². The molecule has 2 saturated heterocycles. The third-order valence-electron chi connectivity index (χ3n) is 4.32. The standard InChI is InChI=1S/C14H21N3O2S/c1-10-8-17(14(15-10)20-9-13(18)19)12-5-7-16-6-3-2-4-11(12)16/h8,11-12H,2-7,9H2,1H3,(H,18,19). The maximum atomic E-state index is 10.8. The lowest BCUT2D eigenvalue weighted by atomic mass is 9.99. The van der Waals surface area contributed by atoms with Crippen molar-refractivity contribution in [2.24, 2.45) is 0 Å². The van der Waals surface area contributed by atoms with Gasteiger partial charge in [0.2, 0.25) is 0 Å². The van der Waals surface area contributed by atoms with Crippen molar-refractivity contribution in [1.29, 1.82) is 0 Å². The minimum Gasteiger partial charge on any atom is -0.481 e. The van der Waals surface area contributed by atoms with Crippen molar-refractivity contribution in [1.82, 2.24) is 14.5 Å². The molecule has 0 amide bonds. The van der Waals surface area contributed by atoms with Crippen molar-refractivity contribution in [3.63, 3.8) is 0 Å². The highest BCUT2D eigenvalue weighted by Gasteiger charge is 2.37. The fourth-order valence-electron chi connectivity index (χ4n) is 3.51. The number of aromatic nitrogens is 2. The number of aliphatic carboxylic acids is 1. The summed E-state index contributed by atoms with van der Waals surface area (Å²) in [6.45, 7) is 4.36. The van der Waals surface area contributed by atoms with Crippen molar-refractivity contribution in [3.05, 3.63) is 11.9 Å². The van der Waals surface area contributed by atoms with Gasteiger partial charge in [-0.2, -0.15) is 0 Å². The number of nitrogens with zero attached hydrogens (tertiary/aromatic N) is 3. The Morgan fingerprint density at radius 1 is 1.40 bits per heavy atom. The van der Waals surface area contributed by atoms with Crippen LogP contribution in [0.15, 0.2) is 11.4 Å². The lowest BCUT2D eigenvalue weighted by Gasteiger charge is -2.33. The molecule has 0 spiro atoms. The van der Waals surface area contributed by atoms with Gasteiger partial charge in [0.05, 0.1) is 17.5 Å². The van der Waals surface area contributed by atoms with E-state index in [0.717, 1.165) is 23.8 Å². The van der Waals surface area contributed by atoms with Crippen LogP contribution in [0, 0.1) is 6.92 Å². The number of rotatable bonds is 4. The SMILES string of the molecule is Cc1cn(C2CCN3CCCCC23)c(SCC(=O)O)n1. The molecule has 1 aromatic rings. The quantitative estimate of drug-likeness (QED) is 0.863. The number of thioether (sulfide) groups is 1. The minimum absolute atomic E-state index is 0.0809. The van der Waals surface area contributed by atoms with E-state index >= 15 is 0 Å². The molecule has 2 atom stereocenters. The lowest BCUT2D eigenvalue weighted by molar-refractivity contribution is -0.133. The van der Waals surface area contributed by atoms with Gasteiger partial charge in [-0.05, 0) is 32.7 Å². The maximum absolute atomic E-state index is 10.8. The Hall–Kier alpha value is -1.01. The first-order valence-corrected chi connectivity index (χ1v) is 8.28. The second kappa shape index (κ2) is 5.77. The molecular weight excluding hydrogens is 274 g/mol. The second-order valence-electron chi connectivity index (χ2n) is 5.71.